The number of nitrogen functional groups attached to an aromatic ring is 1. The molecular weight excluding hydrogens is 491 g/mol. The molecule has 0 spiro atoms. The van der Waals surface area contributed by atoms with Gasteiger partial charge in [0.25, 0.3) is 0 Å². The zero-order chi connectivity index (χ0) is 26.7. The Kier molecular flexibility index (Phi) is 7.30. The maximum absolute atomic E-state index is 14.0. The summed E-state index contributed by atoms with van der Waals surface area (Å²) in [5.74, 6) is -1.86. The Hall–Kier alpha value is -4.19. The third kappa shape index (κ3) is 6.15. The smallest absolute Gasteiger partial charge is 0.429 e. The number of aromatic nitrogens is 2. The lowest BCUT2D eigenvalue weighted by molar-refractivity contribution is -0.198. The zero-order valence-electron chi connectivity index (χ0n) is 19.5. The fourth-order valence-corrected chi connectivity index (χ4v) is 4.00. The summed E-state index contributed by atoms with van der Waals surface area (Å²) in [6.07, 6.45) is -5.89. The molecule has 4 rings (SSSR count). The summed E-state index contributed by atoms with van der Waals surface area (Å²) in [6.45, 7) is 0.522. The molecule has 2 heterocycles. The van der Waals surface area contributed by atoms with Crippen molar-refractivity contribution in [1.82, 2.24) is 9.97 Å². The van der Waals surface area contributed by atoms with Gasteiger partial charge in [-0.1, -0.05) is 36.4 Å². The molecule has 5 N–H and O–H groups in total. The summed E-state index contributed by atoms with van der Waals surface area (Å²) in [7, 11) is 0. The highest BCUT2D eigenvalue weighted by atomic mass is 19.4. The first-order valence-corrected chi connectivity index (χ1v) is 11.4. The van der Waals surface area contributed by atoms with Crippen molar-refractivity contribution < 1.29 is 32.6 Å². The normalized spacial score (nSPS) is 15.5. The summed E-state index contributed by atoms with van der Waals surface area (Å²) in [5, 5.41) is 8.96. The molecule has 1 amide bonds. The van der Waals surface area contributed by atoms with E-state index in [0.29, 0.717) is 36.2 Å². The quantitative estimate of drug-likeness (QED) is 0.414. The van der Waals surface area contributed by atoms with Gasteiger partial charge in [0.2, 0.25) is 23.8 Å². The van der Waals surface area contributed by atoms with Gasteiger partial charge in [0.05, 0.1) is 5.69 Å². The first-order chi connectivity index (χ1) is 17.5. The first kappa shape index (κ1) is 25.9. The van der Waals surface area contributed by atoms with Crippen molar-refractivity contribution in [2.45, 2.75) is 37.6 Å². The minimum Gasteiger partial charge on any atom is -0.480 e. The first-order valence-electron chi connectivity index (χ1n) is 11.4. The highest BCUT2D eigenvalue weighted by molar-refractivity contribution is 5.95. The largest absolute Gasteiger partial charge is 0.480 e. The number of anilines is 2. The number of nitrogens with zero attached hydrogens (tertiary/aromatic N) is 3. The van der Waals surface area contributed by atoms with Gasteiger partial charge < -0.3 is 26.2 Å². The highest BCUT2D eigenvalue weighted by Crippen LogP contribution is 2.38. The lowest BCUT2D eigenvalue weighted by Crippen LogP contribution is -2.32. The Morgan fingerprint density at radius 1 is 1.11 bits per heavy atom. The Morgan fingerprint density at radius 3 is 2.35 bits per heavy atom. The molecule has 1 saturated heterocycles. The number of carboxylic acid groups (broad SMARTS) is 1. The van der Waals surface area contributed by atoms with Gasteiger partial charge in [-0.2, -0.15) is 18.2 Å². The zero-order valence-corrected chi connectivity index (χ0v) is 19.5. The molecule has 0 radical (unpaired) electrons. The van der Waals surface area contributed by atoms with Gasteiger partial charge in [-0.3, -0.25) is 9.59 Å². The maximum atomic E-state index is 14.0. The van der Waals surface area contributed by atoms with Gasteiger partial charge in [-0.15, -0.1) is 0 Å². The fourth-order valence-electron chi connectivity index (χ4n) is 4.00. The van der Waals surface area contributed by atoms with E-state index in [1.807, 2.05) is 0 Å². The second-order valence-electron chi connectivity index (χ2n) is 8.58. The number of halogens is 3. The minimum absolute atomic E-state index is 0.0712. The Bertz CT molecular complexity index is 1280. The lowest BCUT2D eigenvalue weighted by atomic mass is 10.0. The van der Waals surface area contributed by atoms with Crippen LogP contribution in [0.25, 0.3) is 11.3 Å². The van der Waals surface area contributed by atoms with E-state index >= 15 is 0 Å². The van der Waals surface area contributed by atoms with E-state index in [-0.39, 0.29) is 35.4 Å². The third-order valence-corrected chi connectivity index (χ3v) is 5.86. The van der Waals surface area contributed by atoms with Gasteiger partial charge >= 0.3 is 12.1 Å². The molecule has 1 unspecified atom stereocenters. The summed E-state index contributed by atoms with van der Waals surface area (Å²) >= 11 is 0. The average Bonchev–Trinajstić information content (AvgIpc) is 3.28. The van der Waals surface area contributed by atoms with Gasteiger partial charge in [-0.05, 0) is 30.5 Å². The standard InChI is InChI=1S/C25H24F3N5O4/c26-25(27,28)22(16-7-9-17(10-8-16)33-11-1-2-21(33)34)37-20-13-19(31-24(30)32-20)15-5-3-14(4-6-15)12-18(29)23(35)36/h3-10,13,18,22H,1-2,11-12,29H2,(H,35,36)(H2,30,31,32)/t18?,22-/m0/s1. The van der Waals surface area contributed by atoms with Crippen molar-refractivity contribution >= 4 is 23.5 Å². The molecule has 194 valence electrons. The van der Waals surface area contributed by atoms with Crippen LogP contribution in [-0.4, -0.2) is 45.7 Å². The minimum atomic E-state index is -4.77. The van der Waals surface area contributed by atoms with Crippen LogP contribution in [-0.2, 0) is 16.0 Å². The number of amides is 1. The van der Waals surface area contributed by atoms with Crippen molar-refractivity contribution in [3.63, 3.8) is 0 Å². The van der Waals surface area contributed by atoms with Crippen molar-refractivity contribution in [2.24, 2.45) is 5.73 Å². The van der Waals surface area contributed by atoms with Gasteiger partial charge in [-0.25, -0.2) is 4.98 Å². The molecule has 0 saturated carbocycles. The molecule has 2 aromatic carbocycles. The van der Waals surface area contributed by atoms with E-state index in [0.717, 1.165) is 0 Å². The van der Waals surface area contributed by atoms with E-state index in [9.17, 15) is 22.8 Å². The molecule has 12 heteroatoms. The van der Waals surface area contributed by atoms with Crippen LogP contribution in [0.4, 0.5) is 24.8 Å². The summed E-state index contributed by atoms with van der Waals surface area (Å²) in [4.78, 5) is 32.3. The fraction of sp³-hybridized carbons (Fsp3) is 0.280. The van der Waals surface area contributed by atoms with E-state index < -0.39 is 24.3 Å². The predicted molar refractivity (Wildman–Crippen MR) is 129 cm³/mol. The van der Waals surface area contributed by atoms with Gasteiger partial charge in [0, 0.05) is 35.8 Å². The number of hydrogen-bond acceptors (Lipinski definition) is 7. The Morgan fingerprint density at radius 2 is 1.78 bits per heavy atom. The van der Waals surface area contributed by atoms with Crippen LogP contribution in [0.3, 0.4) is 0 Å². The number of carbonyl (C=O) groups is 2. The number of hydrogen-bond donors (Lipinski definition) is 3. The SMILES string of the molecule is Nc1nc(O[C@@H](c2ccc(N3CCCC3=O)cc2)C(F)(F)F)cc(-c2ccc(CC(N)C(=O)O)cc2)n1. The summed E-state index contributed by atoms with van der Waals surface area (Å²) in [5.41, 5.74) is 13.0. The molecule has 9 nitrogen and oxygen atoms in total. The maximum Gasteiger partial charge on any atom is 0.429 e. The second kappa shape index (κ2) is 10.4. The van der Waals surface area contributed by atoms with Crippen LogP contribution in [0.1, 0.15) is 30.1 Å². The molecule has 1 aliphatic rings. The van der Waals surface area contributed by atoms with E-state index in [4.69, 9.17) is 21.3 Å². The molecule has 1 aromatic heterocycles. The topological polar surface area (TPSA) is 145 Å². The van der Waals surface area contributed by atoms with E-state index in [2.05, 4.69) is 9.97 Å². The van der Waals surface area contributed by atoms with Crippen LogP contribution >= 0.6 is 0 Å². The van der Waals surface area contributed by atoms with Crippen LogP contribution in [0.5, 0.6) is 5.88 Å². The number of nitrogens with two attached hydrogens (primary N) is 2. The lowest BCUT2D eigenvalue weighted by Gasteiger charge is -2.23. The van der Waals surface area contributed by atoms with E-state index in [1.165, 1.54) is 35.2 Å². The number of aliphatic carboxylic acids is 1. The summed E-state index contributed by atoms with van der Waals surface area (Å²) < 4.78 is 47.2. The molecule has 0 aliphatic carbocycles. The van der Waals surface area contributed by atoms with Crippen molar-refractivity contribution in [2.75, 3.05) is 17.2 Å². The van der Waals surface area contributed by atoms with E-state index in [1.54, 1.807) is 24.3 Å². The molecule has 37 heavy (non-hydrogen) atoms. The number of carbonyl (C=O) groups excluding carboxylic acids is 1. The van der Waals surface area contributed by atoms with Crippen molar-refractivity contribution in [3.05, 3.63) is 65.7 Å². The van der Waals surface area contributed by atoms with Crippen LogP contribution in [0.15, 0.2) is 54.6 Å². The van der Waals surface area contributed by atoms with Crippen LogP contribution < -0.4 is 21.1 Å². The average molecular weight is 515 g/mol. The van der Waals surface area contributed by atoms with Gasteiger partial charge in [0.15, 0.2) is 0 Å². The number of rotatable bonds is 8. The number of ether oxygens (including phenoxy) is 1. The highest BCUT2D eigenvalue weighted by Gasteiger charge is 2.43. The molecular formula is C25H24F3N5O4. The Balaban J connectivity index is 1.56. The number of benzene rings is 2. The predicted octanol–water partition coefficient (Wildman–Crippen LogP) is 3.49. The van der Waals surface area contributed by atoms with Crippen molar-refractivity contribution in [1.29, 1.82) is 0 Å². The number of alkyl halides is 3. The van der Waals surface area contributed by atoms with Crippen LogP contribution in [0.2, 0.25) is 0 Å². The Labute approximate surface area is 209 Å². The third-order valence-electron chi connectivity index (χ3n) is 5.86. The molecule has 1 fully saturated rings. The molecule has 3 aromatic rings. The summed E-state index contributed by atoms with van der Waals surface area (Å²) in [6, 6.07) is 12.1. The molecule has 2 atom stereocenters. The monoisotopic (exact) mass is 515 g/mol. The van der Waals surface area contributed by atoms with Crippen LogP contribution in [0, 0.1) is 0 Å². The van der Waals surface area contributed by atoms with Crippen molar-refractivity contribution in [3.8, 4) is 17.1 Å². The number of carboxylic acids is 1. The molecule has 0 bridgehead atoms. The molecule has 1 aliphatic heterocycles. The second-order valence-corrected chi connectivity index (χ2v) is 8.58. The van der Waals surface area contributed by atoms with Gasteiger partial charge in [0.1, 0.15) is 6.04 Å².